The summed E-state index contributed by atoms with van der Waals surface area (Å²) in [5, 5.41) is 13.7. The van der Waals surface area contributed by atoms with E-state index in [1.54, 1.807) is 30.4 Å². The zero-order valence-electron chi connectivity index (χ0n) is 15.6. The molecule has 0 bridgehead atoms. The van der Waals surface area contributed by atoms with Crippen molar-refractivity contribution >= 4 is 22.8 Å². The molecule has 8 nitrogen and oxygen atoms in total. The molecule has 2 fully saturated rings. The lowest BCUT2D eigenvalue weighted by atomic mass is 10.1. The highest BCUT2D eigenvalue weighted by Gasteiger charge is 2.42. The molecule has 2 heterocycles. The third kappa shape index (κ3) is 3.19. The monoisotopic (exact) mass is 371 g/mol. The van der Waals surface area contributed by atoms with Crippen molar-refractivity contribution in [2.75, 3.05) is 26.7 Å². The minimum Gasteiger partial charge on any atom is -0.389 e. The van der Waals surface area contributed by atoms with Gasteiger partial charge in [-0.15, -0.1) is 0 Å². The number of carbonyl (C=O) groups excluding carboxylic acids is 2. The summed E-state index contributed by atoms with van der Waals surface area (Å²) >= 11 is 0. The van der Waals surface area contributed by atoms with Crippen LogP contribution >= 0.6 is 0 Å². The molecule has 2 aromatic rings. The molecule has 0 spiro atoms. The van der Waals surface area contributed by atoms with E-state index < -0.39 is 6.10 Å². The number of amides is 2. The van der Waals surface area contributed by atoms with Crippen molar-refractivity contribution in [2.24, 2.45) is 7.05 Å². The first-order valence-corrected chi connectivity index (χ1v) is 9.33. The van der Waals surface area contributed by atoms with Crippen molar-refractivity contribution in [2.45, 2.75) is 31.0 Å². The SMILES string of the molecule is CN(C(=O)c1ccc2c(c1)ncn2C)[C@@H]1CC[C@@H](N2CCNC(=O)C2)[C@@H]1O. The van der Waals surface area contributed by atoms with Crippen molar-refractivity contribution in [1.82, 2.24) is 24.7 Å². The first kappa shape index (κ1) is 17.9. The Labute approximate surface area is 157 Å². The van der Waals surface area contributed by atoms with E-state index in [9.17, 15) is 14.7 Å². The van der Waals surface area contributed by atoms with Crippen molar-refractivity contribution < 1.29 is 14.7 Å². The second kappa shape index (κ2) is 6.94. The molecule has 1 aliphatic carbocycles. The Hall–Kier alpha value is -2.45. The molecule has 4 rings (SSSR count). The van der Waals surface area contributed by atoms with Gasteiger partial charge in [0.2, 0.25) is 5.91 Å². The van der Waals surface area contributed by atoms with Gasteiger partial charge in [-0.3, -0.25) is 14.5 Å². The Bertz CT molecular complexity index is 879. The van der Waals surface area contributed by atoms with Crippen LogP contribution in [0, 0.1) is 0 Å². The summed E-state index contributed by atoms with van der Waals surface area (Å²) < 4.78 is 1.91. The first-order valence-electron chi connectivity index (χ1n) is 9.33. The van der Waals surface area contributed by atoms with Crippen molar-refractivity contribution in [3.8, 4) is 0 Å². The standard InChI is InChI=1S/C19H25N5O3/c1-22-11-21-13-9-12(3-4-14(13)22)19(27)23(2)15-5-6-16(18(15)26)24-8-7-20-17(25)10-24/h3-4,9,11,15-16,18,26H,5-8,10H2,1-2H3,(H,20,25)/t15-,16-,18-/m1/s1. The van der Waals surface area contributed by atoms with E-state index in [1.165, 1.54) is 0 Å². The van der Waals surface area contributed by atoms with Crippen LogP contribution < -0.4 is 5.32 Å². The van der Waals surface area contributed by atoms with Gasteiger partial charge in [0, 0.05) is 38.8 Å². The molecule has 0 radical (unpaired) electrons. The molecule has 2 N–H and O–H groups in total. The average molecular weight is 371 g/mol. The zero-order valence-corrected chi connectivity index (χ0v) is 15.6. The van der Waals surface area contributed by atoms with Crippen LogP contribution in [0.25, 0.3) is 11.0 Å². The Morgan fingerprint density at radius 2 is 2.19 bits per heavy atom. The number of aliphatic hydroxyl groups is 1. The molecule has 2 amide bonds. The smallest absolute Gasteiger partial charge is 0.254 e. The number of likely N-dealkylation sites (N-methyl/N-ethyl adjacent to an activating group) is 1. The minimum atomic E-state index is -0.663. The summed E-state index contributed by atoms with van der Waals surface area (Å²) in [5.41, 5.74) is 2.32. The molecule has 1 saturated carbocycles. The number of piperazine rings is 1. The second-order valence-electron chi connectivity index (χ2n) is 7.50. The van der Waals surface area contributed by atoms with Gasteiger partial charge in [0.25, 0.3) is 5.91 Å². The van der Waals surface area contributed by atoms with Crippen LogP contribution in [0.5, 0.6) is 0 Å². The maximum atomic E-state index is 13.0. The minimum absolute atomic E-state index is 0.00926. The van der Waals surface area contributed by atoms with E-state index >= 15 is 0 Å². The highest BCUT2D eigenvalue weighted by Crippen LogP contribution is 2.29. The number of aryl methyl sites for hydroxylation is 1. The van der Waals surface area contributed by atoms with Crippen molar-refractivity contribution in [3.63, 3.8) is 0 Å². The van der Waals surface area contributed by atoms with E-state index in [-0.39, 0.29) is 23.9 Å². The largest absolute Gasteiger partial charge is 0.389 e. The van der Waals surface area contributed by atoms with Gasteiger partial charge >= 0.3 is 0 Å². The van der Waals surface area contributed by atoms with Crippen LogP contribution in [0.15, 0.2) is 24.5 Å². The Morgan fingerprint density at radius 3 is 2.96 bits per heavy atom. The van der Waals surface area contributed by atoms with E-state index in [2.05, 4.69) is 10.3 Å². The fraction of sp³-hybridized carbons (Fsp3) is 0.526. The highest BCUT2D eigenvalue weighted by molar-refractivity contribution is 5.97. The average Bonchev–Trinajstić information content (AvgIpc) is 3.23. The Kier molecular flexibility index (Phi) is 4.61. The number of aromatic nitrogens is 2. The van der Waals surface area contributed by atoms with Crippen LogP contribution in [0.3, 0.4) is 0 Å². The molecule has 2 aliphatic rings. The quantitative estimate of drug-likeness (QED) is 0.791. The summed E-state index contributed by atoms with van der Waals surface area (Å²) in [5.74, 6) is -0.131. The third-order valence-corrected chi connectivity index (χ3v) is 5.87. The van der Waals surface area contributed by atoms with Gasteiger partial charge in [0.05, 0.1) is 36.1 Å². The number of nitrogens with zero attached hydrogens (tertiary/aromatic N) is 4. The number of benzene rings is 1. The molecule has 1 aromatic carbocycles. The zero-order chi connectivity index (χ0) is 19.1. The lowest BCUT2D eigenvalue weighted by molar-refractivity contribution is -0.125. The summed E-state index contributed by atoms with van der Waals surface area (Å²) in [7, 11) is 3.66. The van der Waals surface area contributed by atoms with Crippen molar-refractivity contribution in [1.29, 1.82) is 0 Å². The summed E-state index contributed by atoms with van der Waals surface area (Å²) in [4.78, 5) is 32.6. The lowest BCUT2D eigenvalue weighted by Gasteiger charge is -2.35. The van der Waals surface area contributed by atoms with Gasteiger partial charge in [0.15, 0.2) is 0 Å². The highest BCUT2D eigenvalue weighted by atomic mass is 16.3. The third-order valence-electron chi connectivity index (χ3n) is 5.87. The van der Waals surface area contributed by atoms with E-state index in [0.717, 1.165) is 30.4 Å². The number of nitrogens with one attached hydrogen (secondary N) is 1. The van der Waals surface area contributed by atoms with Crippen molar-refractivity contribution in [3.05, 3.63) is 30.1 Å². The van der Waals surface area contributed by atoms with E-state index in [1.807, 2.05) is 22.6 Å². The molecule has 1 aliphatic heterocycles. The molecule has 0 unspecified atom stereocenters. The predicted octanol–water partition coefficient (Wildman–Crippen LogP) is -0.0310. The Balaban J connectivity index is 1.48. The molecular weight excluding hydrogens is 346 g/mol. The first-order chi connectivity index (χ1) is 13.0. The number of carbonyl (C=O) groups is 2. The summed E-state index contributed by atoms with van der Waals surface area (Å²) in [6, 6.07) is 5.14. The van der Waals surface area contributed by atoms with Crippen LogP contribution in [0.2, 0.25) is 0 Å². The fourth-order valence-electron chi connectivity index (χ4n) is 4.33. The fourth-order valence-corrected chi connectivity index (χ4v) is 4.33. The van der Waals surface area contributed by atoms with E-state index in [0.29, 0.717) is 18.7 Å². The number of aliphatic hydroxyl groups excluding tert-OH is 1. The summed E-state index contributed by atoms with van der Waals surface area (Å²) in [6.45, 7) is 1.64. The number of hydrogen-bond donors (Lipinski definition) is 2. The van der Waals surface area contributed by atoms with E-state index in [4.69, 9.17) is 0 Å². The van der Waals surface area contributed by atoms with Gasteiger partial charge < -0.3 is 19.9 Å². The van der Waals surface area contributed by atoms with Crippen LogP contribution in [0.4, 0.5) is 0 Å². The predicted molar refractivity (Wildman–Crippen MR) is 100 cm³/mol. The topological polar surface area (TPSA) is 90.7 Å². The van der Waals surface area contributed by atoms with Gasteiger partial charge in [0.1, 0.15) is 0 Å². The Morgan fingerprint density at radius 1 is 1.37 bits per heavy atom. The second-order valence-corrected chi connectivity index (χ2v) is 7.50. The molecule has 3 atom stereocenters. The van der Waals surface area contributed by atoms with Crippen LogP contribution in [-0.4, -0.2) is 81.1 Å². The molecule has 144 valence electrons. The van der Waals surface area contributed by atoms with Crippen LogP contribution in [0.1, 0.15) is 23.2 Å². The molecule has 1 saturated heterocycles. The van der Waals surface area contributed by atoms with Gasteiger partial charge in [-0.05, 0) is 31.0 Å². The molecule has 1 aromatic heterocycles. The number of imidazole rings is 1. The summed E-state index contributed by atoms with van der Waals surface area (Å²) in [6.07, 6.45) is 2.56. The lowest BCUT2D eigenvalue weighted by Crippen LogP contribution is -2.55. The molecule has 27 heavy (non-hydrogen) atoms. The normalized spacial score (nSPS) is 26.3. The van der Waals surface area contributed by atoms with Crippen LogP contribution in [-0.2, 0) is 11.8 Å². The molecular formula is C19H25N5O3. The number of hydrogen-bond acceptors (Lipinski definition) is 5. The van der Waals surface area contributed by atoms with Gasteiger partial charge in [-0.2, -0.15) is 0 Å². The van der Waals surface area contributed by atoms with Gasteiger partial charge in [-0.25, -0.2) is 4.98 Å². The van der Waals surface area contributed by atoms with Gasteiger partial charge in [-0.1, -0.05) is 0 Å². The number of rotatable bonds is 3. The maximum Gasteiger partial charge on any atom is 0.254 e. The number of fused-ring (bicyclic) bond motifs is 1. The maximum absolute atomic E-state index is 13.0. The molecule has 8 heteroatoms.